The molecule has 4 heteroatoms. The molecule has 1 aromatic heterocycles. The minimum absolute atomic E-state index is 0.660. The van der Waals surface area contributed by atoms with Gasteiger partial charge in [-0.1, -0.05) is 6.07 Å². The highest BCUT2D eigenvalue weighted by atomic mass is 33.1. The van der Waals surface area contributed by atoms with Crippen LogP contribution in [-0.4, -0.2) is 11.5 Å². The van der Waals surface area contributed by atoms with E-state index in [4.69, 9.17) is 5.73 Å². The average Bonchev–Trinajstić information content (AvgIpc) is 2.06. The molecule has 0 unspecified atom stereocenters. The molecule has 60 valence electrons. The van der Waals surface area contributed by atoms with Crippen molar-refractivity contribution < 1.29 is 0 Å². The molecular weight excluding hydrogens is 176 g/mol. The summed E-state index contributed by atoms with van der Waals surface area (Å²) >= 11 is 4.09. The van der Waals surface area contributed by atoms with Gasteiger partial charge in [0.05, 0.1) is 0 Å². The van der Waals surface area contributed by atoms with Gasteiger partial charge in [0.1, 0.15) is 5.03 Å². The van der Waals surface area contributed by atoms with Gasteiger partial charge in [0, 0.05) is 6.20 Å². The first-order valence-corrected chi connectivity index (χ1v) is 5.20. The van der Waals surface area contributed by atoms with Crippen LogP contribution >= 0.6 is 22.5 Å². The molecule has 1 rings (SSSR count). The standard InChI is InChI=1S/C7H10N2S2/c8-4-3-6-2-1-5-9-7(6)11-10/h1-2,5,10H,3-4,8H2. The summed E-state index contributed by atoms with van der Waals surface area (Å²) in [4.78, 5) is 4.15. The van der Waals surface area contributed by atoms with Gasteiger partial charge < -0.3 is 5.73 Å². The molecule has 2 N–H and O–H groups in total. The quantitative estimate of drug-likeness (QED) is 0.555. The number of nitrogens with two attached hydrogens (primary N) is 1. The van der Waals surface area contributed by atoms with E-state index in [0.29, 0.717) is 6.54 Å². The summed E-state index contributed by atoms with van der Waals surface area (Å²) < 4.78 is 0. The Kier molecular flexibility index (Phi) is 3.76. The zero-order chi connectivity index (χ0) is 8.10. The lowest BCUT2D eigenvalue weighted by Gasteiger charge is -2.01. The molecule has 0 aliphatic rings. The van der Waals surface area contributed by atoms with Crippen molar-refractivity contribution in [1.29, 1.82) is 0 Å². The first kappa shape index (κ1) is 8.90. The number of hydrogen-bond acceptors (Lipinski definition) is 4. The van der Waals surface area contributed by atoms with Gasteiger partial charge in [-0.3, -0.25) is 0 Å². The molecule has 0 aliphatic carbocycles. The first-order valence-electron chi connectivity index (χ1n) is 3.34. The van der Waals surface area contributed by atoms with E-state index < -0.39 is 0 Å². The van der Waals surface area contributed by atoms with Crippen molar-refractivity contribution in [1.82, 2.24) is 4.98 Å². The van der Waals surface area contributed by atoms with Crippen molar-refractivity contribution in [2.45, 2.75) is 11.4 Å². The van der Waals surface area contributed by atoms with E-state index in [2.05, 4.69) is 16.6 Å². The van der Waals surface area contributed by atoms with Crippen molar-refractivity contribution in [3.05, 3.63) is 23.9 Å². The number of thiol groups is 1. The van der Waals surface area contributed by atoms with Crippen LogP contribution in [0.4, 0.5) is 0 Å². The molecule has 0 saturated heterocycles. The van der Waals surface area contributed by atoms with Gasteiger partial charge in [-0.25, -0.2) is 4.98 Å². The molecule has 0 saturated carbocycles. The third kappa shape index (κ3) is 2.39. The molecule has 1 aromatic rings. The second-order valence-corrected chi connectivity index (χ2v) is 3.21. The van der Waals surface area contributed by atoms with Gasteiger partial charge >= 0.3 is 0 Å². The normalized spacial score (nSPS) is 10.0. The van der Waals surface area contributed by atoms with Crippen molar-refractivity contribution in [2.24, 2.45) is 5.73 Å². The first-order chi connectivity index (χ1) is 5.38. The van der Waals surface area contributed by atoms with E-state index in [9.17, 15) is 0 Å². The van der Waals surface area contributed by atoms with E-state index in [1.165, 1.54) is 16.4 Å². The minimum atomic E-state index is 0.660. The maximum absolute atomic E-state index is 5.42. The summed E-state index contributed by atoms with van der Waals surface area (Å²) in [5.74, 6) is 0. The number of rotatable bonds is 3. The van der Waals surface area contributed by atoms with Gasteiger partial charge in [-0.05, 0) is 35.4 Å². The Bertz CT molecular complexity index is 227. The van der Waals surface area contributed by atoms with Crippen LogP contribution in [0.15, 0.2) is 23.4 Å². The maximum Gasteiger partial charge on any atom is 0.109 e. The highest BCUT2D eigenvalue weighted by Crippen LogP contribution is 2.22. The SMILES string of the molecule is NCCc1cccnc1SS. The van der Waals surface area contributed by atoms with E-state index in [1.807, 2.05) is 12.1 Å². The summed E-state index contributed by atoms with van der Waals surface area (Å²) in [6.07, 6.45) is 2.63. The fourth-order valence-corrected chi connectivity index (χ4v) is 1.74. The number of aromatic nitrogens is 1. The molecular formula is C7H10N2S2. The highest BCUT2D eigenvalue weighted by molar-refractivity contribution is 8.68. The third-order valence-corrected chi connectivity index (χ3v) is 2.41. The van der Waals surface area contributed by atoms with Crippen LogP contribution in [0.3, 0.4) is 0 Å². The van der Waals surface area contributed by atoms with Crippen LogP contribution in [0.2, 0.25) is 0 Å². The Morgan fingerprint density at radius 2 is 2.45 bits per heavy atom. The van der Waals surface area contributed by atoms with Gasteiger partial charge in [0.15, 0.2) is 0 Å². The van der Waals surface area contributed by atoms with Gasteiger partial charge in [-0.15, -0.1) is 11.7 Å². The van der Waals surface area contributed by atoms with Crippen LogP contribution in [0.1, 0.15) is 5.56 Å². The summed E-state index contributed by atoms with van der Waals surface area (Å²) in [7, 11) is 1.36. The predicted octanol–water partition coefficient (Wildman–Crippen LogP) is 1.52. The van der Waals surface area contributed by atoms with Crippen LogP contribution in [0, 0.1) is 0 Å². The lowest BCUT2D eigenvalue weighted by molar-refractivity contribution is 0.913. The summed E-state index contributed by atoms with van der Waals surface area (Å²) in [5.41, 5.74) is 6.60. The second kappa shape index (κ2) is 4.64. The Labute approximate surface area is 75.4 Å². The smallest absolute Gasteiger partial charge is 0.109 e. The van der Waals surface area contributed by atoms with Gasteiger partial charge in [-0.2, -0.15) is 0 Å². The average molecular weight is 186 g/mol. The zero-order valence-corrected chi connectivity index (χ0v) is 7.74. The van der Waals surface area contributed by atoms with Crippen LogP contribution < -0.4 is 5.73 Å². The molecule has 0 spiro atoms. The lowest BCUT2D eigenvalue weighted by Crippen LogP contribution is -2.03. The van der Waals surface area contributed by atoms with Crippen molar-refractivity contribution >= 4 is 22.5 Å². The Balaban J connectivity index is 2.83. The van der Waals surface area contributed by atoms with E-state index in [0.717, 1.165) is 11.4 Å². The largest absolute Gasteiger partial charge is 0.330 e. The zero-order valence-electron chi connectivity index (χ0n) is 6.03. The summed E-state index contributed by atoms with van der Waals surface area (Å²) in [6.45, 7) is 0.660. The molecule has 0 atom stereocenters. The van der Waals surface area contributed by atoms with Gasteiger partial charge in [0.25, 0.3) is 0 Å². The molecule has 0 bridgehead atoms. The topological polar surface area (TPSA) is 38.9 Å². The van der Waals surface area contributed by atoms with Crippen molar-refractivity contribution in [2.75, 3.05) is 6.54 Å². The fourth-order valence-electron chi connectivity index (χ4n) is 0.852. The van der Waals surface area contributed by atoms with Crippen LogP contribution in [0.5, 0.6) is 0 Å². The summed E-state index contributed by atoms with van der Waals surface area (Å²) in [5, 5.41) is 0.960. The Hall–Kier alpha value is -0.190. The van der Waals surface area contributed by atoms with E-state index in [1.54, 1.807) is 6.20 Å². The molecule has 2 nitrogen and oxygen atoms in total. The van der Waals surface area contributed by atoms with Crippen molar-refractivity contribution in [3.8, 4) is 0 Å². The van der Waals surface area contributed by atoms with Crippen LogP contribution in [-0.2, 0) is 6.42 Å². The Morgan fingerprint density at radius 3 is 3.09 bits per heavy atom. The number of hydrogen-bond donors (Lipinski definition) is 2. The fraction of sp³-hybridized carbons (Fsp3) is 0.286. The predicted molar refractivity (Wildman–Crippen MR) is 51.8 cm³/mol. The maximum atomic E-state index is 5.42. The second-order valence-electron chi connectivity index (χ2n) is 2.10. The van der Waals surface area contributed by atoms with Crippen LogP contribution in [0.25, 0.3) is 0 Å². The molecule has 0 aliphatic heterocycles. The Morgan fingerprint density at radius 1 is 1.64 bits per heavy atom. The van der Waals surface area contributed by atoms with E-state index >= 15 is 0 Å². The van der Waals surface area contributed by atoms with Gasteiger partial charge in [0.2, 0.25) is 0 Å². The molecule has 1 heterocycles. The monoisotopic (exact) mass is 186 g/mol. The molecule has 11 heavy (non-hydrogen) atoms. The summed E-state index contributed by atoms with van der Waals surface area (Å²) in [6, 6.07) is 3.94. The highest BCUT2D eigenvalue weighted by Gasteiger charge is 1.99. The van der Waals surface area contributed by atoms with Crippen molar-refractivity contribution in [3.63, 3.8) is 0 Å². The molecule has 0 amide bonds. The number of pyridine rings is 1. The number of nitrogens with zero attached hydrogens (tertiary/aromatic N) is 1. The third-order valence-electron chi connectivity index (χ3n) is 1.35. The molecule has 0 fully saturated rings. The lowest BCUT2D eigenvalue weighted by atomic mass is 10.2. The molecule has 0 radical (unpaired) electrons. The molecule has 0 aromatic carbocycles. The minimum Gasteiger partial charge on any atom is -0.330 e. The van der Waals surface area contributed by atoms with E-state index in [-0.39, 0.29) is 0 Å².